The highest BCUT2D eigenvalue weighted by Crippen LogP contribution is 2.44. The summed E-state index contributed by atoms with van der Waals surface area (Å²) in [6.07, 6.45) is 2.57. The summed E-state index contributed by atoms with van der Waals surface area (Å²) < 4.78 is 19.6. The lowest BCUT2D eigenvalue weighted by molar-refractivity contribution is 0.187. The number of rotatable bonds is 7. The molecule has 0 bridgehead atoms. The fourth-order valence-electron chi connectivity index (χ4n) is 3.26. The third kappa shape index (κ3) is 3.74. The lowest BCUT2D eigenvalue weighted by atomic mass is 9.66. The Morgan fingerprint density at radius 3 is 2.67 bits per heavy atom. The van der Waals surface area contributed by atoms with E-state index in [1.807, 2.05) is 6.92 Å². The van der Waals surface area contributed by atoms with Crippen LogP contribution in [0, 0.1) is 5.82 Å². The Balaban J connectivity index is 1.87. The summed E-state index contributed by atoms with van der Waals surface area (Å²) in [5, 5.41) is 17.7. The maximum absolute atomic E-state index is 14.3. The molecule has 1 N–H and O–H groups in total. The van der Waals surface area contributed by atoms with Crippen molar-refractivity contribution in [1.82, 2.24) is 15.2 Å². The molecular formula is C19H21FN4O3. The number of anilines is 1. The molecule has 1 fully saturated rings. The molecule has 0 aromatic carbocycles. The second kappa shape index (κ2) is 7.69. The Hall–Kier alpha value is -3.03. The van der Waals surface area contributed by atoms with Crippen LogP contribution in [0.2, 0.25) is 0 Å². The van der Waals surface area contributed by atoms with Gasteiger partial charge in [-0.15, -0.1) is 10.2 Å². The van der Waals surface area contributed by atoms with Crippen LogP contribution in [0.4, 0.5) is 15.0 Å². The Bertz CT molecular complexity index is 837. The zero-order chi connectivity index (χ0) is 19.4. The first kappa shape index (κ1) is 18.8. The second-order valence-corrected chi connectivity index (χ2v) is 6.47. The van der Waals surface area contributed by atoms with E-state index in [1.165, 1.54) is 18.3 Å². The topological polar surface area (TPSA) is 88.4 Å². The van der Waals surface area contributed by atoms with Crippen LogP contribution in [0.25, 0.3) is 5.76 Å². The van der Waals surface area contributed by atoms with Gasteiger partial charge in [-0.25, -0.2) is 9.18 Å². The molecule has 0 atom stereocenters. The maximum atomic E-state index is 14.3. The van der Waals surface area contributed by atoms with Gasteiger partial charge in [0.1, 0.15) is 17.3 Å². The van der Waals surface area contributed by atoms with Gasteiger partial charge in [-0.2, -0.15) is 0 Å². The summed E-state index contributed by atoms with van der Waals surface area (Å²) in [4.78, 5) is 17.1. The first-order valence-corrected chi connectivity index (χ1v) is 8.74. The molecule has 3 rings (SSSR count). The average Bonchev–Trinajstić information content (AvgIpc) is 2.62. The molecule has 1 amide bonds. The van der Waals surface area contributed by atoms with Crippen molar-refractivity contribution in [3.05, 3.63) is 54.2 Å². The predicted molar refractivity (Wildman–Crippen MR) is 97.8 cm³/mol. The molecule has 1 aliphatic rings. The van der Waals surface area contributed by atoms with Gasteiger partial charge in [0.2, 0.25) is 0 Å². The summed E-state index contributed by atoms with van der Waals surface area (Å²) >= 11 is 0. The smallest absolute Gasteiger partial charge is 0.413 e. The average molecular weight is 372 g/mol. The van der Waals surface area contributed by atoms with Gasteiger partial charge < -0.3 is 9.84 Å². The molecule has 0 aliphatic heterocycles. The van der Waals surface area contributed by atoms with Crippen molar-refractivity contribution in [2.75, 3.05) is 18.1 Å². The monoisotopic (exact) mass is 372 g/mol. The lowest BCUT2D eigenvalue weighted by Crippen LogP contribution is -2.49. The fourth-order valence-corrected chi connectivity index (χ4v) is 3.26. The van der Waals surface area contributed by atoms with E-state index in [0.717, 1.165) is 11.3 Å². The third-order valence-electron chi connectivity index (χ3n) is 4.79. The number of aromatic nitrogens is 3. The minimum absolute atomic E-state index is 0.0662. The Kier molecular flexibility index (Phi) is 5.34. The van der Waals surface area contributed by atoms with Crippen LogP contribution in [0.3, 0.4) is 0 Å². The summed E-state index contributed by atoms with van der Waals surface area (Å²) in [5.74, 6) is 0.111. The molecule has 27 heavy (non-hydrogen) atoms. The first-order chi connectivity index (χ1) is 13.0. The van der Waals surface area contributed by atoms with Crippen molar-refractivity contribution in [3.63, 3.8) is 0 Å². The zero-order valence-electron chi connectivity index (χ0n) is 15.1. The molecular weight excluding hydrogens is 351 g/mol. The van der Waals surface area contributed by atoms with Gasteiger partial charge in [0.15, 0.2) is 5.82 Å². The van der Waals surface area contributed by atoms with Gasteiger partial charge in [-0.1, -0.05) is 13.0 Å². The van der Waals surface area contributed by atoms with E-state index < -0.39 is 17.3 Å². The van der Waals surface area contributed by atoms with Crippen molar-refractivity contribution >= 4 is 17.7 Å². The van der Waals surface area contributed by atoms with Gasteiger partial charge in [-0.3, -0.25) is 9.88 Å². The number of amides is 1. The minimum Gasteiger partial charge on any atom is -0.492 e. The van der Waals surface area contributed by atoms with Crippen molar-refractivity contribution in [2.45, 2.75) is 31.6 Å². The van der Waals surface area contributed by atoms with Crippen molar-refractivity contribution < 1.29 is 19.0 Å². The van der Waals surface area contributed by atoms with E-state index in [4.69, 9.17) is 4.74 Å². The fraction of sp³-hybridized carbons (Fsp3) is 0.368. The second-order valence-electron chi connectivity index (χ2n) is 6.47. The van der Waals surface area contributed by atoms with Crippen LogP contribution in [0.5, 0.6) is 0 Å². The molecule has 2 heterocycles. The number of pyridine rings is 1. The van der Waals surface area contributed by atoms with E-state index in [0.29, 0.717) is 36.6 Å². The lowest BCUT2D eigenvalue weighted by Gasteiger charge is -2.43. The van der Waals surface area contributed by atoms with Gasteiger partial charge in [-0.05, 0) is 44.0 Å². The highest BCUT2D eigenvalue weighted by Gasteiger charge is 2.44. The van der Waals surface area contributed by atoms with Gasteiger partial charge in [0.25, 0.3) is 0 Å². The van der Waals surface area contributed by atoms with E-state index in [9.17, 15) is 14.3 Å². The van der Waals surface area contributed by atoms with E-state index >= 15 is 0 Å². The SMILES string of the molecule is C=C(OCC)c1ccc(N(CC2(c3ncccc3F)CCC2)C(=O)O)nn1. The molecule has 2 aromatic heterocycles. The van der Waals surface area contributed by atoms with Crippen LogP contribution in [-0.4, -0.2) is 39.5 Å². The number of hydrogen-bond donors (Lipinski definition) is 1. The van der Waals surface area contributed by atoms with E-state index in [2.05, 4.69) is 21.8 Å². The number of carbonyl (C=O) groups is 1. The molecule has 1 aliphatic carbocycles. The number of ether oxygens (including phenoxy) is 1. The van der Waals surface area contributed by atoms with Crippen molar-refractivity contribution in [1.29, 1.82) is 0 Å². The molecule has 2 aromatic rings. The molecule has 1 saturated carbocycles. The molecule has 8 heteroatoms. The van der Waals surface area contributed by atoms with Crippen LogP contribution in [0.15, 0.2) is 37.0 Å². The molecule has 0 spiro atoms. The van der Waals surface area contributed by atoms with Gasteiger partial charge in [0.05, 0.1) is 12.3 Å². The summed E-state index contributed by atoms with van der Waals surface area (Å²) in [5.41, 5.74) is 0.0794. The predicted octanol–water partition coefficient (Wildman–Crippen LogP) is 3.62. The summed E-state index contributed by atoms with van der Waals surface area (Å²) in [7, 11) is 0. The molecule has 142 valence electrons. The quantitative estimate of drug-likeness (QED) is 0.747. The highest BCUT2D eigenvalue weighted by molar-refractivity contribution is 5.85. The Labute approximate surface area is 156 Å². The van der Waals surface area contributed by atoms with Crippen LogP contribution < -0.4 is 4.90 Å². The van der Waals surface area contributed by atoms with Crippen molar-refractivity contribution in [2.24, 2.45) is 0 Å². The summed E-state index contributed by atoms with van der Waals surface area (Å²) in [6.45, 7) is 6.09. The molecule has 0 saturated heterocycles. The van der Waals surface area contributed by atoms with Crippen LogP contribution in [-0.2, 0) is 10.2 Å². The summed E-state index contributed by atoms with van der Waals surface area (Å²) in [6, 6.07) is 6.02. The van der Waals surface area contributed by atoms with E-state index in [-0.39, 0.29) is 12.4 Å². The standard InChI is InChI=1S/C19H21FN4O3/c1-3-27-13(2)15-7-8-16(23-22-15)24(18(25)26)12-19(9-5-10-19)17-14(20)6-4-11-21-17/h4,6-8,11H,2-3,5,9-10,12H2,1H3,(H,25,26). The maximum Gasteiger partial charge on any atom is 0.413 e. The molecule has 7 nitrogen and oxygen atoms in total. The minimum atomic E-state index is -1.18. The Morgan fingerprint density at radius 1 is 1.37 bits per heavy atom. The first-order valence-electron chi connectivity index (χ1n) is 8.74. The van der Waals surface area contributed by atoms with Crippen LogP contribution >= 0.6 is 0 Å². The zero-order valence-corrected chi connectivity index (χ0v) is 15.1. The highest BCUT2D eigenvalue weighted by atomic mass is 19.1. The third-order valence-corrected chi connectivity index (χ3v) is 4.79. The number of carboxylic acid groups (broad SMARTS) is 1. The Morgan fingerprint density at radius 2 is 2.15 bits per heavy atom. The van der Waals surface area contributed by atoms with Crippen LogP contribution in [0.1, 0.15) is 37.6 Å². The van der Waals surface area contributed by atoms with Gasteiger partial charge >= 0.3 is 6.09 Å². The number of halogens is 1. The van der Waals surface area contributed by atoms with Gasteiger partial charge in [0, 0.05) is 18.2 Å². The van der Waals surface area contributed by atoms with Crippen molar-refractivity contribution in [3.8, 4) is 0 Å². The number of nitrogens with zero attached hydrogens (tertiary/aromatic N) is 4. The normalized spacial score (nSPS) is 14.9. The number of hydrogen-bond acceptors (Lipinski definition) is 5. The molecule has 0 radical (unpaired) electrons. The van der Waals surface area contributed by atoms with E-state index in [1.54, 1.807) is 12.1 Å². The molecule has 0 unspecified atom stereocenters. The largest absolute Gasteiger partial charge is 0.492 e.